The van der Waals surface area contributed by atoms with Crippen molar-refractivity contribution in [3.8, 4) is 16.6 Å². The SMILES string of the molecule is CCCNC(=O)/C(C#N)=C\Nc1ccc(-c2nc3ccc(C)cc3s2)cc1. The van der Waals surface area contributed by atoms with E-state index in [0.29, 0.717) is 6.54 Å². The molecule has 0 unspecified atom stereocenters. The van der Waals surface area contributed by atoms with Crippen molar-refractivity contribution in [2.24, 2.45) is 0 Å². The van der Waals surface area contributed by atoms with Crippen LogP contribution in [0.1, 0.15) is 18.9 Å². The number of aromatic nitrogens is 1. The van der Waals surface area contributed by atoms with Gasteiger partial charge in [-0.15, -0.1) is 11.3 Å². The Morgan fingerprint density at radius 1 is 1.26 bits per heavy atom. The molecule has 1 amide bonds. The fourth-order valence-corrected chi connectivity index (χ4v) is 3.57. The van der Waals surface area contributed by atoms with Crippen LogP contribution in [0.2, 0.25) is 0 Å². The summed E-state index contributed by atoms with van der Waals surface area (Å²) in [4.78, 5) is 16.5. The Labute approximate surface area is 162 Å². The maximum atomic E-state index is 11.9. The molecule has 2 N–H and O–H groups in total. The Hall–Kier alpha value is -3.17. The summed E-state index contributed by atoms with van der Waals surface area (Å²) in [6.07, 6.45) is 2.26. The molecule has 136 valence electrons. The molecule has 3 aromatic rings. The van der Waals surface area contributed by atoms with E-state index in [2.05, 4.69) is 34.7 Å². The summed E-state index contributed by atoms with van der Waals surface area (Å²) in [5.41, 5.74) is 4.10. The molecule has 0 saturated heterocycles. The highest BCUT2D eigenvalue weighted by atomic mass is 32.1. The first-order valence-corrected chi connectivity index (χ1v) is 9.55. The van der Waals surface area contributed by atoms with Crippen molar-refractivity contribution in [2.75, 3.05) is 11.9 Å². The van der Waals surface area contributed by atoms with Crippen molar-refractivity contribution >= 4 is 33.1 Å². The highest BCUT2D eigenvalue weighted by Gasteiger charge is 2.08. The van der Waals surface area contributed by atoms with Gasteiger partial charge in [-0.1, -0.05) is 13.0 Å². The molecule has 0 radical (unpaired) electrons. The number of fused-ring (bicyclic) bond motifs is 1. The number of anilines is 1. The van der Waals surface area contributed by atoms with Gasteiger partial charge < -0.3 is 10.6 Å². The Morgan fingerprint density at radius 2 is 2.04 bits per heavy atom. The number of thiazole rings is 1. The molecule has 1 aromatic heterocycles. The molecule has 0 aliphatic heterocycles. The minimum atomic E-state index is -0.367. The van der Waals surface area contributed by atoms with E-state index in [1.807, 2.05) is 43.3 Å². The second-order valence-corrected chi connectivity index (χ2v) is 7.17. The van der Waals surface area contributed by atoms with Gasteiger partial charge in [-0.3, -0.25) is 4.79 Å². The lowest BCUT2D eigenvalue weighted by Crippen LogP contribution is -2.25. The van der Waals surface area contributed by atoms with Gasteiger partial charge in [0.15, 0.2) is 0 Å². The molecule has 0 spiro atoms. The molecule has 0 atom stereocenters. The molecule has 2 aromatic carbocycles. The van der Waals surface area contributed by atoms with E-state index in [4.69, 9.17) is 5.26 Å². The number of carbonyl (C=O) groups is 1. The Kier molecular flexibility index (Phi) is 5.84. The fraction of sp³-hybridized carbons (Fsp3) is 0.190. The van der Waals surface area contributed by atoms with Crippen molar-refractivity contribution in [1.82, 2.24) is 10.3 Å². The monoisotopic (exact) mass is 376 g/mol. The van der Waals surface area contributed by atoms with Gasteiger partial charge in [-0.25, -0.2) is 4.98 Å². The number of aryl methyl sites for hydroxylation is 1. The zero-order valence-corrected chi connectivity index (χ0v) is 16.1. The third kappa shape index (κ3) is 4.52. The summed E-state index contributed by atoms with van der Waals surface area (Å²) in [5.74, 6) is -0.367. The summed E-state index contributed by atoms with van der Waals surface area (Å²) in [6, 6.07) is 15.9. The van der Waals surface area contributed by atoms with Crippen LogP contribution in [-0.2, 0) is 4.79 Å². The van der Waals surface area contributed by atoms with Gasteiger partial charge in [0, 0.05) is 24.0 Å². The fourth-order valence-electron chi connectivity index (χ4n) is 2.50. The van der Waals surface area contributed by atoms with E-state index in [1.165, 1.54) is 16.5 Å². The number of hydrogen-bond donors (Lipinski definition) is 2. The second kappa shape index (κ2) is 8.47. The first-order chi connectivity index (χ1) is 13.1. The van der Waals surface area contributed by atoms with Gasteiger partial charge in [0.2, 0.25) is 0 Å². The maximum absolute atomic E-state index is 11.9. The van der Waals surface area contributed by atoms with Crippen molar-refractivity contribution in [1.29, 1.82) is 5.26 Å². The summed E-state index contributed by atoms with van der Waals surface area (Å²) in [7, 11) is 0. The lowest BCUT2D eigenvalue weighted by molar-refractivity contribution is -0.117. The summed E-state index contributed by atoms with van der Waals surface area (Å²) >= 11 is 1.66. The largest absolute Gasteiger partial charge is 0.360 e. The van der Waals surface area contributed by atoms with Crippen molar-refractivity contribution < 1.29 is 4.79 Å². The van der Waals surface area contributed by atoms with Crippen LogP contribution in [0.3, 0.4) is 0 Å². The quantitative estimate of drug-likeness (QED) is 0.486. The molecule has 0 aliphatic rings. The van der Waals surface area contributed by atoms with Gasteiger partial charge >= 0.3 is 0 Å². The Balaban J connectivity index is 1.73. The van der Waals surface area contributed by atoms with Gasteiger partial charge in [0.25, 0.3) is 5.91 Å². The Bertz CT molecular complexity index is 1030. The zero-order chi connectivity index (χ0) is 19.2. The van der Waals surface area contributed by atoms with Crippen molar-refractivity contribution in [3.05, 3.63) is 59.8 Å². The van der Waals surface area contributed by atoms with E-state index >= 15 is 0 Å². The van der Waals surface area contributed by atoms with Crippen LogP contribution >= 0.6 is 11.3 Å². The summed E-state index contributed by atoms with van der Waals surface area (Å²) in [6.45, 7) is 4.58. The molecule has 1 heterocycles. The van der Waals surface area contributed by atoms with E-state index in [-0.39, 0.29) is 11.5 Å². The molecule has 5 nitrogen and oxygen atoms in total. The number of nitrogens with one attached hydrogen (secondary N) is 2. The van der Waals surface area contributed by atoms with E-state index in [1.54, 1.807) is 11.3 Å². The number of rotatable bonds is 6. The minimum Gasteiger partial charge on any atom is -0.360 e. The van der Waals surface area contributed by atoms with Crippen LogP contribution in [0.25, 0.3) is 20.8 Å². The van der Waals surface area contributed by atoms with E-state index in [9.17, 15) is 4.79 Å². The van der Waals surface area contributed by atoms with Crippen LogP contribution < -0.4 is 10.6 Å². The Morgan fingerprint density at radius 3 is 2.74 bits per heavy atom. The van der Waals surface area contributed by atoms with E-state index < -0.39 is 0 Å². The van der Waals surface area contributed by atoms with E-state index in [0.717, 1.165) is 28.2 Å². The van der Waals surface area contributed by atoms with Crippen LogP contribution in [-0.4, -0.2) is 17.4 Å². The average Bonchev–Trinajstić information content (AvgIpc) is 3.10. The highest BCUT2D eigenvalue weighted by Crippen LogP contribution is 2.31. The molecule has 0 aliphatic carbocycles. The highest BCUT2D eigenvalue weighted by molar-refractivity contribution is 7.21. The molecule has 0 bridgehead atoms. The van der Waals surface area contributed by atoms with Crippen LogP contribution in [0.4, 0.5) is 5.69 Å². The molecule has 6 heteroatoms. The first-order valence-electron chi connectivity index (χ1n) is 8.73. The average molecular weight is 376 g/mol. The van der Waals surface area contributed by atoms with Gasteiger partial charge in [0.05, 0.1) is 10.2 Å². The number of carbonyl (C=O) groups excluding carboxylic acids is 1. The lowest BCUT2D eigenvalue weighted by atomic mass is 10.2. The number of nitriles is 1. The van der Waals surface area contributed by atoms with Crippen molar-refractivity contribution in [3.63, 3.8) is 0 Å². The van der Waals surface area contributed by atoms with Gasteiger partial charge in [-0.2, -0.15) is 5.26 Å². The van der Waals surface area contributed by atoms with Crippen LogP contribution in [0, 0.1) is 18.3 Å². The standard InChI is InChI=1S/C21H20N4OS/c1-3-10-23-20(26)16(12-22)13-24-17-7-5-15(6-8-17)21-25-18-9-4-14(2)11-19(18)27-21/h4-9,11,13,24H,3,10H2,1-2H3,(H,23,26)/b16-13-. The topological polar surface area (TPSA) is 77.8 Å². The molecule has 27 heavy (non-hydrogen) atoms. The zero-order valence-electron chi connectivity index (χ0n) is 15.2. The minimum absolute atomic E-state index is 0.0501. The van der Waals surface area contributed by atoms with Crippen LogP contribution in [0.15, 0.2) is 54.2 Å². The maximum Gasteiger partial charge on any atom is 0.263 e. The predicted molar refractivity (Wildman–Crippen MR) is 110 cm³/mol. The number of amides is 1. The normalized spacial score (nSPS) is 11.2. The smallest absolute Gasteiger partial charge is 0.263 e. The summed E-state index contributed by atoms with van der Waals surface area (Å²) in [5, 5.41) is 15.8. The predicted octanol–water partition coefficient (Wildman–Crippen LogP) is 4.62. The summed E-state index contributed by atoms with van der Waals surface area (Å²) < 4.78 is 1.17. The molecular formula is C21H20N4OS. The number of hydrogen-bond acceptors (Lipinski definition) is 5. The number of benzene rings is 2. The molecular weight excluding hydrogens is 356 g/mol. The molecule has 3 rings (SSSR count). The second-order valence-electron chi connectivity index (χ2n) is 6.14. The van der Waals surface area contributed by atoms with Crippen LogP contribution in [0.5, 0.6) is 0 Å². The molecule has 0 saturated carbocycles. The molecule has 0 fully saturated rings. The third-order valence-electron chi connectivity index (χ3n) is 3.96. The third-order valence-corrected chi connectivity index (χ3v) is 5.03. The van der Waals surface area contributed by atoms with Gasteiger partial charge in [0.1, 0.15) is 16.6 Å². The number of nitrogens with zero attached hydrogens (tertiary/aromatic N) is 2. The first kappa shape index (κ1) is 18.6. The van der Waals surface area contributed by atoms with Gasteiger partial charge in [-0.05, 0) is 55.3 Å². The lowest BCUT2D eigenvalue weighted by Gasteiger charge is -2.04. The van der Waals surface area contributed by atoms with Crippen molar-refractivity contribution in [2.45, 2.75) is 20.3 Å².